The summed E-state index contributed by atoms with van der Waals surface area (Å²) in [6.45, 7) is 4.07. The molecular formula is C11H21ClFN3. The summed E-state index contributed by atoms with van der Waals surface area (Å²) in [6, 6.07) is 0. The van der Waals surface area contributed by atoms with Gasteiger partial charge in [-0.1, -0.05) is 19.8 Å². The normalized spacial score (nSPS) is 10.1. The van der Waals surface area contributed by atoms with Crippen LogP contribution in [-0.4, -0.2) is 23.0 Å². The zero-order valence-corrected chi connectivity index (χ0v) is 10.6. The highest BCUT2D eigenvalue weighted by molar-refractivity contribution is 5.85. The first-order valence-corrected chi connectivity index (χ1v) is 5.65. The van der Waals surface area contributed by atoms with Gasteiger partial charge in [0.15, 0.2) is 0 Å². The molecule has 0 aliphatic heterocycles. The third kappa shape index (κ3) is 6.08. The van der Waals surface area contributed by atoms with Gasteiger partial charge in [0.05, 0.1) is 12.7 Å². The lowest BCUT2D eigenvalue weighted by Crippen LogP contribution is -2.14. The van der Waals surface area contributed by atoms with E-state index in [2.05, 4.69) is 17.3 Å². The fourth-order valence-electron chi connectivity index (χ4n) is 1.44. The Morgan fingerprint density at radius 1 is 1.44 bits per heavy atom. The van der Waals surface area contributed by atoms with Gasteiger partial charge in [-0.2, -0.15) is 5.10 Å². The number of nitrogens with one attached hydrogen (secondary N) is 1. The maximum absolute atomic E-state index is 12.0. The summed E-state index contributed by atoms with van der Waals surface area (Å²) in [5, 5.41) is 7.40. The van der Waals surface area contributed by atoms with E-state index in [1.54, 1.807) is 10.9 Å². The molecule has 1 aromatic heterocycles. The van der Waals surface area contributed by atoms with Crippen LogP contribution < -0.4 is 5.32 Å². The summed E-state index contributed by atoms with van der Waals surface area (Å²) in [5.41, 5.74) is 1.12. The average Bonchev–Trinajstić information content (AvgIpc) is 2.66. The topological polar surface area (TPSA) is 29.9 Å². The molecule has 0 saturated carbocycles. The van der Waals surface area contributed by atoms with Gasteiger partial charge in [-0.3, -0.25) is 4.68 Å². The molecule has 0 aromatic carbocycles. The van der Waals surface area contributed by atoms with Gasteiger partial charge in [0.1, 0.15) is 6.67 Å². The molecule has 1 rings (SSSR count). The van der Waals surface area contributed by atoms with E-state index in [4.69, 9.17) is 0 Å². The van der Waals surface area contributed by atoms with E-state index in [0.29, 0.717) is 6.54 Å². The second-order valence-electron chi connectivity index (χ2n) is 3.68. The molecule has 1 aromatic rings. The molecule has 0 saturated heterocycles. The van der Waals surface area contributed by atoms with Crippen LogP contribution in [0, 0.1) is 0 Å². The molecule has 0 aliphatic rings. The van der Waals surface area contributed by atoms with E-state index < -0.39 is 0 Å². The minimum Gasteiger partial charge on any atom is -0.313 e. The molecule has 0 atom stereocenters. The predicted molar refractivity (Wildman–Crippen MR) is 66.7 cm³/mol. The van der Waals surface area contributed by atoms with Crippen molar-refractivity contribution in [2.45, 2.75) is 39.3 Å². The number of aryl methyl sites for hydroxylation is 1. The Morgan fingerprint density at radius 2 is 2.25 bits per heavy atom. The number of rotatable bonds is 8. The molecule has 0 unspecified atom stereocenters. The zero-order chi connectivity index (χ0) is 10.9. The standard InChI is InChI=1S/C11H20FN3.ClH/c1-2-3-4-6-13-8-11-9-14-15(10-11)7-5-12;/h9-10,13H,2-8H2,1H3;1H. The highest BCUT2D eigenvalue weighted by Crippen LogP contribution is 1.98. The number of halogens is 2. The van der Waals surface area contributed by atoms with Crippen LogP contribution in [0.2, 0.25) is 0 Å². The van der Waals surface area contributed by atoms with Gasteiger partial charge in [0.2, 0.25) is 0 Å². The maximum atomic E-state index is 12.0. The maximum Gasteiger partial charge on any atom is 0.109 e. The number of hydrogen-bond donors (Lipinski definition) is 1. The van der Waals surface area contributed by atoms with Crippen molar-refractivity contribution in [2.75, 3.05) is 13.2 Å². The van der Waals surface area contributed by atoms with E-state index in [1.165, 1.54) is 19.3 Å². The van der Waals surface area contributed by atoms with E-state index >= 15 is 0 Å². The third-order valence-corrected chi connectivity index (χ3v) is 2.29. The Balaban J connectivity index is 0.00000225. The SMILES string of the molecule is CCCCCNCc1cnn(CCF)c1.Cl. The Labute approximate surface area is 103 Å². The van der Waals surface area contributed by atoms with Crippen LogP contribution in [0.1, 0.15) is 31.7 Å². The average molecular weight is 250 g/mol. The van der Waals surface area contributed by atoms with Crippen molar-refractivity contribution in [1.82, 2.24) is 15.1 Å². The molecule has 1 heterocycles. The van der Waals surface area contributed by atoms with Gasteiger partial charge in [-0.25, -0.2) is 4.39 Å². The summed E-state index contributed by atoms with van der Waals surface area (Å²) >= 11 is 0. The molecule has 0 aliphatic carbocycles. The molecule has 5 heteroatoms. The number of aromatic nitrogens is 2. The fourth-order valence-corrected chi connectivity index (χ4v) is 1.44. The molecule has 94 valence electrons. The Kier molecular flexibility index (Phi) is 9.24. The van der Waals surface area contributed by atoms with Crippen LogP contribution in [0.5, 0.6) is 0 Å². The van der Waals surface area contributed by atoms with Crippen LogP contribution in [0.25, 0.3) is 0 Å². The van der Waals surface area contributed by atoms with Crippen LogP contribution in [0.3, 0.4) is 0 Å². The van der Waals surface area contributed by atoms with Crippen LogP contribution in [0.4, 0.5) is 4.39 Å². The first-order chi connectivity index (χ1) is 7.36. The second-order valence-corrected chi connectivity index (χ2v) is 3.68. The van der Waals surface area contributed by atoms with E-state index in [0.717, 1.165) is 18.7 Å². The summed E-state index contributed by atoms with van der Waals surface area (Å²) in [5.74, 6) is 0. The Morgan fingerprint density at radius 3 is 2.94 bits per heavy atom. The lowest BCUT2D eigenvalue weighted by atomic mass is 10.2. The first kappa shape index (κ1) is 15.4. The molecular weight excluding hydrogens is 229 g/mol. The van der Waals surface area contributed by atoms with Crippen molar-refractivity contribution >= 4 is 12.4 Å². The number of hydrogen-bond acceptors (Lipinski definition) is 2. The van der Waals surface area contributed by atoms with Crippen LogP contribution >= 0.6 is 12.4 Å². The van der Waals surface area contributed by atoms with Gasteiger partial charge < -0.3 is 5.32 Å². The van der Waals surface area contributed by atoms with E-state index in [-0.39, 0.29) is 19.1 Å². The van der Waals surface area contributed by atoms with Crippen molar-refractivity contribution < 1.29 is 4.39 Å². The highest BCUT2D eigenvalue weighted by atomic mass is 35.5. The fraction of sp³-hybridized carbons (Fsp3) is 0.727. The highest BCUT2D eigenvalue weighted by Gasteiger charge is 1.97. The lowest BCUT2D eigenvalue weighted by molar-refractivity contribution is 0.427. The largest absolute Gasteiger partial charge is 0.313 e. The van der Waals surface area contributed by atoms with Gasteiger partial charge in [-0.05, 0) is 13.0 Å². The van der Waals surface area contributed by atoms with Crippen molar-refractivity contribution in [3.63, 3.8) is 0 Å². The molecule has 1 N–H and O–H groups in total. The smallest absolute Gasteiger partial charge is 0.109 e. The lowest BCUT2D eigenvalue weighted by Gasteiger charge is -2.01. The Hall–Kier alpha value is -0.610. The molecule has 0 radical (unpaired) electrons. The summed E-state index contributed by atoms with van der Waals surface area (Å²) in [4.78, 5) is 0. The zero-order valence-electron chi connectivity index (χ0n) is 9.79. The summed E-state index contributed by atoms with van der Waals surface area (Å²) < 4.78 is 13.6. The summed E-state index contributed by atoms with van der Waals surface area (Å²) in [6.07, 6.45) is 7.42. The van der Waals surface area contributed by atoms with Crippen LogP contribution in [0.15, 0.2) is 12.4 Å². The van der Waals surface area contributed by atoms with Crippen molar-refractivity contribution in [3.05, 3.63) is 18.0 Å². The minimum absolute atomic E-state index is 0. The molecule has 16 heavy (non-hydrogen) atoms. The van der Waals surface area contributed by atoms with E-state index in [1.807, 2.05) is 6.20 Å². The quantitative estimate of drug-likeness (QED) is 0.718. The molecule has 0 fully saturated rings. The second kappa shape index (κ2) is 9.60. The van der Waals surface area contributed by atoms with Gasteiger partial charge in [-0.15, -0.1) is 12.4 Å². The van der Waals surface area contributed by atoms with Gasteiger partial charge in [0, 0.05) is 18.3 Å². The monoisotopic (exact) mass is 249 g/mol. The van der Waals surface area contributed by atoms with Crippen molar-refractivity contribution in [3.8, 4) is 0 Å². The van der Waals surface area contributed by atoms with Gasteiger partial charge in [0.25, 0.3) is 0 Å². The third-order valence-electron chi connectivity index (χ3n) is 2.29. The molecule has 0 spiro atoms. The minimum atomic E-state index is -0.356. The van der Waals surface area contributed by atoms with E-state index in [9.17, 15) is 4.39 Å². The van der Waals surface area contributed by atoms with Gasteiger partial charge >= 0.3 is 0 Å². The molecule has 0 bridgehead atoms. The van der Waals surface area contributed by atoms with Crippen LogP contribution in [-0.2, 0) is 13.1 Å². The van der Waals surface area contributed by atoms with Crippen molar-refractivity contribution in [1.29, 1.82) is 0 Å². The molecule has 3 nitrogen and oxygen atoms in total. The summed E-state index contributed by atoms with van der Waals surface area (Å²) in [7, 11) is 0. The predicted octanol–water partition coefficient (Wildman–Crippen LogP) is 2.55. The molecule has 0 amide bonds. The van der Waals surface area contributed by atoms with Crippen molar-refractivity contribution in [2.24, 2.45) is 0 Å². The number of alkyl halides is 1. The first-order valence-electron chi connectivity index (χ1n) is 5.65. The number of nitrogens with zero attached hydrogens (tertiary/aromatic N) is 2. The Bertz CT molecular complexity index is 265. The number of unbranched alkanes of at least 4 members (excludes halogenated alkanes) is 2.